The zero-order valence-corrected chi connectivity index (χ0v) is 13.7. The Labute approximate surface area is 145 Å². The van der Waals surface area contributed by atoms with Crippen LogP contribution in [0.3, 0.4) is 0 Å². The van der Waals surface area contributed by atoms with Crippen LogP contribution in [0.2, 0.25) is 0 Å². The van der Waals surface area contributed by atoms with Gasteiger partial charge in [-0.05, 0) is 17.7 Å². The lowest BCUT2D eigenvalue weighted by Gasteiger charge is -2.09. The van der Waals surface area contributed by atoms with Crippen molar-refractivity contribution in [2.45, 2.75) is 13.5 Å². The second-order valence-electron chi connectivity index (χ2n) is 5.44. The van der Waals surface area contributed by atoms with Gasteiger partial charge in [-0.1, -0.05) is 42.5 Å². The first-order chi connectivity index (χ1) is 12.1. The van der Waals surface area contributed by atoms with Crippen LogP contribution in [-0.2, 0) is 11.3 Å². The van der Waals surface area contributed by atoms with Gasteiger partial charge in [0.2, 0.25) is 17.8 Å². The van der Waals surface area contributed by atoms with E-state index in [0.717, 1.165) is 11.1 Å². The van der Waals surface area contributed by atoms with E-state index in [1.807, 2.05) is 42.5 Å². The molecule has 0 saturated heterocycles. The van der Waals surface area contributed by atoms with Crippen molar-refractivity contribution in [3.05, 3.63) is 60.2 Å². The Morgan fingerprint density at radius 2 is 1.84 bits per heavy atom. The molecule has 1 amide bonds. The summed E-state index contributed by atoms with van der Waals surface area (Å²) in [6, 6.07) is 17.2. The summed E-state index contributed by atoms with van der Waals surface area (Å²) < 4.78 is 0. The summed E-state index contributed by atoms with van der Waals surface area (Å²) in [6.07, 6.45) is 0. The van der Waals surface area contributed by atoms with Crippen LogP contribution >= 0.6 is 0 Å². The number of carbonyl (C=O) groups is 1. The van der Waals surface area contributed by atoms with E-state index in [4.69, 9.17) is 5.73 Å². The molecule has 0 aliphatic heterocycles. The topological polar surface area (TPSA) is 106 Å². The van der Waals surface area contributed by atoms with E-state index in [1.54, 1.807) is 12.1 Å². The Morgan fingerprint density at radius 1 is 1.04 bits per heavy atom. The van der Waals surface area contributed by atoms with E-state index in [2.05, 4.69) is 25.6 Å². The number of rotatable bonds is 5. The average Bonchev–Trinajstić information content (AvgIpc) is 2.60. The molecule has 2 aromatic carbocycles. The fraction of sp³-hybridized carbons (Fsp3) is 0.111. The molecule has 1 heterocycles. The lowest BCUT2D eigenvalue weighted by molar-refractivity contribution is -0.114. The number of nitrogens with two attached hydrogens (primary N) is 1. The van der Waals surface area contributed by atoms with E-state index in [9.17, 15) is 4.79 Å². The highest BCUT2D eigenvalue weighted by Gasteiger charge is 2.08. The van der Waals surface area contributed by atoms with Crippen LogP contribution in [-0.4, -0.2) is 20.9 Å². The van der Waals surface area contributed by atoms with Crippen molar-refractivity contribution in [2.24, 2.45) is 0 Å². The summed E-state index contributed by atoms with van der Waals surface area (Å²) in [7, 11) is 0. The van der Waals surface area contributed by atoms with Gasteiger partial charge in [0.05, 0.1) is 0 Å². The first-order valence-electron chi connectivity index (χ1n) is 7.77. The first kappa shape index (κ1) is 16.4. The molecule has 0 aliphatic carbocycles. The molecule has 0 unspecified atom stereocenters. The molecule has 0 radical (unpaired) electrons. The number of amides is 1. The Hall–Kier alpha value is -3.48. The highest BCUT2D eigenvalue weighted by atomic mass is 16.1. The molecule has 3 aromatic rings. The number of nitrogens with zero attached hydrogens (tertiary/aromatic N) is 3. The smallest absolute Gasteiger partial charge is 0.228 e. The van der Waals surface area contributed by atoms with Crippen molar-refractivity contribution in [3.8, 4) is 11.4 Å². The molecular formula is C18H18N6O. The normalized spacial score (nSPS) is 10.3. The lowest BCUT2D eigenvalue weighted by atomic mass is 10.2. The number of aromatic nitrogens is 3. The maximum Gasteiger partial charge on any atom is 0.228 e. The number of anilines is 3. The van der Waals surface area contributed by atoms with E-state index < -0.39 is 0 Å². The molecule has 0 aliphatic rings. The van der Waals surface area contributed by atoms with Gasteiger partial charge in [-0.15, -0.1) is 0 Å². The SMILES string of the molecule is CC(=O)Nc1cccc(-c2nc(N)nc(NCc3ccccc3)n2)c1. The Kier molecular flexibility index (Phi) is 4.84. The Balaban J connectivity index is 1.83. The van der Waals surface area contributed by atoms with Crippen molar-refractivity contribution < 1.29 is 4.79 Å². The highest BCUT2D eigenvalue weighted by molar-refractivity contribution is 5.89. The number of hydrogen-bond acceptors (Lipinski definition) is 6. The van der Waals surface area contributed by atoms with E-state index >= 15 is 0 Å². The molecule has 0 bridgehead atoms. The summed E-state index contributed by atoms with van der Waals surface area (Å²) >= 11 is 0. The number of nitrogens with one attached hydrogen (secondary N) is 2. The largest absolute Gasteiger partial charge is 0.368 e. The molecule has 3 rings (SSSR count). The molecule has 4 N–H and O–H groups in total. The van der Waals surface area contributed by atoms with Gasteiger partial charge < -0.3 is 16.4 Å². The molecule has 7 heteroatoms. The molecule has 0 saturated carbocycles. The number of nitrogen functional groups attached to an aromatic ring is 1. The van der Waals surface area contributed by atoms with Crippen molar-refractivity contribution in [1.29, 1.82) is 0 Å². The zero-order chi connectivity index (χ0) is 17.6. The fourth-order valence-electron chi connectivity index (χ4n) is 2.32. The molecule has 0 spiro atoms. The second-order valence-corrected chi connectivity index (χ2v) is 5.44. The van der Waals surface area contributed by atoms with Gasteiger partial charge in [0.1, 0.15) is 0 Å². The Bertz CT molecular complexity index is 882. The van der Waals surface area contributed by atoms with Gasteiger partial charge in [-0.2, -0.15) is 15.0 Å². The van der Waals surface area contributed by atoms with Gasteiger partial charge in [-0.25, -0.2) is 0 Å². The monoisotopic (exact) mass is 334 g/mol. The van der Waals surface area contributed by atoms with E-state index in [1.165, 1.54) is 6.92 Å². The van der Waals surface area contributed by atoms with Crippen molar-refractivity contribution >= 4 is 23.5 Å². The summed E-state index contributed by atoms with van der Waals surface area (Å²) in [5, 5.41) is 5.88. The average molecular weight is 334 g/mol. The lowest BCUT2D eigenvalue weighted by Crippen LogP contribution is -2.08. The van der Waals surface area contributed by atoms with Gasteiger partial charge in [-0.3, -0.25) is 4.79 Å². The van der Waals surface area contributed by atoms with Gasteiger partial charge in [0.25, 0.3) is 0 Å². The minimum absolute atomic E-state index is 0.130. The maximum atomic E-state index is 11.2. The van der Waals surface area contributed by atoms with Crippen LogP contribution < -0.4 is 16.4 Å². The minimum atomic E-state index is -0.141. The van der Waals surface area contributed by atoms with Crippen molar-refractivity contribution in [1.82, 2.24) is 15.0 Å². The van der Waals surface area contributed by atoms with Crippen LogP contribution in [0.15, 0.2) is 54.6 Å². The molecule has 7 nitrogen and oxygen atoms in total. The van der Waals surface area contributed by atoms with Gasteiger partial charge in [0.15, 0.2) is 5.82 Å². The highest BCUT2D eigenvalue weighted by Crippen LogP contribution is 2.21. The third-order valence-corrected chi connectivity index (χ3v) is 3.39. The molecule has 25 heavy (non-hydrogen) atoms. The number of hydrogen-bond donors (Lipinski definition) is 3. The third kappa shape index (κ3) is 4.51. The maximum absolute atomic E-state index is 11.2. The molecule has 1 aromatic heterocycles. The van der Waals surface area contributed by atoms with Crippen molar-refractivity contribution in [2.75, 3.05) is 16.4 Å². The Morgan fingerprint density at radius 3 is 2.60 bits per heavy atom. The quantitative estimate of drug-likeness (QED) is 0.662. The van der Waals surface area contributed by atoms with Gasteiger partial charge >= 0.3 is 0 Å². The zero-order valence-electron chi connectivity index (χ0n) is 13.7. The standard InChI is InChI=1S/C18H18N6O/c1-12(25)21-15-9-5-8-14(10-15)16-22-17(19)24-18(23-16)20-11-13-6-3-2-4-7-13/h2-10H,11H2,1H3,(H,21,25)(H3,19,20,22,23,24). The van der Waals surface area contributed by atoms with E-state index in [-0.39, 0.29) is 11.9 Å². The molecule has 126 valence electrons. The number of carbonyl (C=O) groups excluding carboxylic acids is 1. The predicted octanol–water partition coefficient (Wildman–Crippen LogP) is 2.69. The summed E-state index contributed by atoms with van der Waals surface area (Å²) in [4.78, 5) is 23.9. The molecule has 0 fully saturated rings. The van der Waals surface area contributed by atoms with Crippen LogP contribution in [0.25, 0.3) is 11.4 Å². The minimum Gasteiger partial charge on any atom is -0.368 e. The van der Waals surface area contributed by atoms with E-state index in [0.29, 0.717) is 24.0 Å². The van der Waals surface area contributed by atoms with Crippen LogP contribution in [0, 0.1) is 0 Å². The van der Waals surface area contributed by atoms with Crippen molar-refractivity contribution in [3.63, 3.8) is 0 Å². The summed E-state index contributed by atoms with van der Waals surface area (Å²) in [5.74, 6) is 0.828. The first-order valence-corrected chi connectivity index (χ1v) is 7.77. The van der Waals surface area contributed by atoms with Crippen LogP contribution in [0.4, 0.5) is 17.6 Å². The second kappa shape index (κ2) is 7.39. The van der Waals surface area contributed by atoms with Crippen LogP contribution in [0.5, 0.6) is 0 Å². The number of benzene rings is 2. The molecular weight excluding hydrogens is 316 g/mol. The van der Waals surface area contributed by atoms with Gasteiger partial charge in [0, 0.05) is 24.7 Å². The summed E-state index contributed by atoms with van der Waals surface area (Å²) in [5.41, 5.74) is 8.33. The third-order valence-electron chi connectivity index (χ3n) is 3.39. The fourth-order valence-corrected chi connectivity index (χ4v) is 2.32. The predicted molar refractivity (Wildman–Crippen MR) is 97.7 cm³/mol. The van der Waals surface area contributed by atoms with Crippen LogP contribution in [0.1, 0.15) is 12.5 Å². The summed E-state index contributed by atoms with van der Waals surface area (Å²) in [6.45, 7) is 2.04. The molecule has 0 atom stereocenters.